The van der Waals surface area contributed by atoms with E-state index in [-0.39, 0.29) is 11.9 Å². The Balaban J connectivity index is 1.63. The van der Waals surface area contributed by atoms with Gasteiger partial charge in [-0.05, 0) is 62.6 Å². The van der Waals surface area contributed by atoms with E-state index in [0.29, 0.717) is 11.9 Å². The number of carbonyl (C=O) groups excluding carboxylic acids is 1. The molecule has 2 aromatic heterocycles. The van der Waals surface area contributed by atoms with Crippen molar-refractivity contribution in [3.05, 3.63) is 15.7 Å². The van der Waals surface area contributed by atoms with Crippen LogP contribution in [-0.4, -0.2) is 35.6 Å². The molecule has 0 spiro atoms. The predicted octanol–water partition coefficient (Wildman–Crippen LogP) is 4.00. The average Bonchev–Trinajstić information content (AvgIpc) is 2.99. The fourth-order valence-corrected chi connectivity index (χ4v) is 5.40. The largest absolute Gasteiger partial charge is 0.466 e. The minimum Gasteiger partial charge on any atom is -0.466 e. The van der Waals surface area contributed by atoms with Gasteiger partial charge in [0, 0.05) is 18.0 Å². The van der Waals surface area contributed by atoms with Crippen LogP contribution in [0, 0.1) is 5.92 Å². The first kappa shape index (κ1) is 17.0. The first-order valence-corrected chi connectivity index (χ1v) is 10.3. The summed E-state index contributed by atoms with van der Waals surface area (Å²) >= 11 is 7.98. The molecule has 134 valence electrons. The van der Waals surface area contributed by atoms with Gasteiger partial charge in [0.25, 0.3) is 0 Å². The van der Waals surface area contributed by atoms with Crippen LogP contribution in [0.1, 0.15) is 43.0 Å². The van der Waals surface area contributed by atoms with E-state index in [0.717, 1.165) is 49.4 Å². The van der Waals surface area contributed by atoms with Crippen molar-refractivity contribution in [1.82, 2.24) is 9.97 Å². The van der Waals surface area contributed by atoms with Gasteiger partial charge in [-0.1, -0.05) is 0 Å². The van der Waals surface area contributed by atoms with Crippen molar-refractivity contribution in [2.45, 2.75) is 45.4 Å². The summed E-state index contributed by atoms with van der Waals surface area (Å²) in [7, 11) is 0. The van der Waals surface area contributed by atoms with E-state index < -0.39 is 0 Å². The summed E-state index contributed by atoms with van der Waals surface area (Å²) in [6.45, 7) is 3.90. The van der Waals surface area contributed by atoms with Gasteiger partial charge in [-0.15, -0.1) is 11.3 Å². The van der Waals surface area contributed by atoms with E-state index in [4.69, 9.17) is 16.3 Å². The SMILES string of the molecule is CCOC(=O)C1CCN(c2nc(Cl)nc3sc4c(c23)CCCC4)CC1. The Morgan fingerprint density at radius 3 is 2.80 bits per heavy atom. The number of rotatable bonds is 3. The number of esters is 1. The molecule has 1 aliphatic carbocycles. The van der Waals surface area contributed by atoms with E-state index in [1.54, 1.807) is 11.3 Å². The van der Waals surface area contributed by atoms with E-state index in [1.165, 1.54) is 28.7 Å². The number of piperidine rings is 1. The second-order valence-corrected chi connectivity index (χ2v) is 8.14. The van der Waals surface area contributed by atoms with Crippen molar-refractivity contribution < 1.29 is 9.53 Å². The highest BCUT2D eigenvalue weighted by atomic mass is 35.5. The van der Waals surface area contributed by atoms with Gasteiger partial charge < -0.3 is 9.64 Å². The zero-order valence-electron chi connectivity index (χ0n) is 14.4. The Bertz CT molecular complexity index is 799. The van der Waals surface area contributed by atoms with Gasteiger partial charge in [0.05, 0.1) is 17.9 Å². The maximum atomic E-state index is 12.0. The van der Waals surface area contributed by atoms with Gasteiger partial charge in [-0.3, -0.25) is 4.79 Å². The summed E-state index contributed by atoms with van der Waals surface area (Å²) in [4.78, 5) is 25.8. The quantitative estimate of drug-likeness (QED) is 0.595. The second kappa shape index (κ2) is 7.08. The zero-order chi connectivity index (χ0) is 17.4. The molecule has 5 nitrogen and oxygen atoms in total. The molecule has 0 N–H and O–H groups in total. The van der Waals surface area contributed by atoms with Crippen LogP contribution in [0.3, 0.4) is 0 Å². The van der Waals surface area contributed by atoms with Crippen LogP contribution >= 0.6 is 22.9 Å². The molecule has 0 amide bonds. The van der Waals surface area contributed by atoms with Gasteiger partial charge in [-0.2, -0.15) is 4.98 Å². The van der Waals surface area contributed by atoms with E-state index >= 15 is 0 Å². The summed E-state index contributed by atoms with van der Waals surface area (Å²) in [5, 5.41) is 1.51. The van der Waals surface area contributed by atoms with Crippen molar-refractivity contribution in [2.24, 2.45) is 5.92 Å². The van der Waals surface area contributed by atoms with Crippen LogP contribution < -0.4 is 4.90 Å². The molecule has 0 bridgehead atoms. The lowest BCUT2D eigenvalue weighted by molar-refractivity contribution is -0.148. The number of nitrogens with zero attached hydrogens (tertiary/aromatic N) is 3. The standard InChI is InChI=1S/C18H22ClN3O2S/c1-2-24-17(23)11-7-9-22(10-8-11)15-14-12-5-3-4-6-13(12)25-16(14)21-18(19)20-15/h11H,2-10H2,1H3. The third-order valence-electron chi connectivity index (χ3n) is 5.18. The van der Waals surface area contributed by atoms with Crippen molar-refractivity contribution in [3.63, 3.8) is 0 Å². The summed E-state index contributed by atoms with van der Waals surface area (Å²) in [5.41, 5.74) is 1.42. The maximum Gasteiger partial charge on any atom is 0.309 e. The van der Waals surface area contributed by atoms with Gasteiger partial charge >= 0.3 is 5.97 Å². The average molecular weight is 380 g/mol. The second-order valence-electron chi connectivity index (χ2n) is 6.72. The number of ether oxygens (including phenoxy) is 1. The van der Waals surface area contributed by atoms with Gasteiger partial charge in [-0.25, -0.2) is 4.98 Å². The molecule has 0 unspecified atom stereocenters. The minimum atomic E-state index is -0.0686. The number of hydrogen-bond donors (Lipinski definition) is 0. The molecule has 1 saturated heterocycles. The fourth-order valence-electron chi connectivity index (χ4n) is 3.93. The first-order chi connectivity index (χ1) is 12.2. The molecule has 1 fully saturated rings. The number of halogens is 1. The van der Waals surface area contributed by atoms with Crippen LogP contribution in [0.5, 0.6) is 0 Å². The molecule has 0 saturated carbocycles. The molecule has 3 heterocycles. The molecule has 2 aliphatic rings. The first-order valence-electron chi connectivity index (χ1n) is 9.06. The summed E-state index contributed by atoms with van der Waals surface area (Å²) in [5.74, 6) is 0.887. The monoisotopic (exact) mass is 379 g/mol. The van der Waals surface area contributed by atoms with E-state index in [2.05, 4.69) is 14.9 Å². The minimum absolute atomic E-state index is 0.000361. The number of thiophene rings is 1. The molecule has 0 radical (unpaired) electrons. The van der Waals surface area contributed by atoms with Gasteiger partial charge in [0.2, 0.25) is 5.28 Å². The maximum absolute atomic E-state index is 12.0. The predicted molar refractivity (Wildman–Crippen MR) is 101 cm³/mol. The summed E-state index contributed by atoms with van der Waals surface area (Å²) in [6.07, 6.45) is 6.32. The highest BCUT2D eigenvalue weighted by molar-refractivity contribution is 7.19. The van der Waals surface area contributed by atoms with Crippen molar-refractivity contribution in [2.75, 3.05) is 24.6 Å². The van der Waals surface area contributed by atoms with Crippen LogP contribution in [0.25, 0.3) is 10.2 Å². The van der Waals surface area contributed by atoms with Gasteiger partial charge in [0.15, 0.2) is 0 Å². The van der Waals surface area contributed by atoms with Crippen molar-refractivity contribution >= 4 is 44.9 Å². The van der Waals surface area contributed by atoms with Gasteiger partial charge in [0.1, 0.15) is 10.6 Å². The highest BCUT2D eigenvalue weighted by Gasteiger charge is 2.29. The third-order valence-corrected chi connectivity index (χ3v) is 6.54. The summed E-state index contributed by atoms with van der Waals surface area (Å²) in [6, 6.07) is 0. The molecular weight excluding hydrogens is 358 g/mol. The highest BCUT2D eigenvalue weighted by Crippen LogP contribution is 2.41. The van der Waals surface area contributed by atoms with E-state index in [1.807, 2.05) is 6.92 Å². The molecule has 1 aliphatic heterocycles. The molecule has 4 rings (SSSR count). The van der Waals surface area contributed by atoms with Crippen LogP contribution in [0.15, 0.2) is 0 Å². The Hall–Kier alpha value is -1.40. The van der Waals surface area contributed by atoms with Crippen LogP contribution in [0.4, 0.5) is 5.82 Å². The lowest BCUT2D eigenvalue weighted by Crippen LogP contribution is -2.37. The number of aryl methyl sites for hydroxylation is 2. The topological polar surface area (TPSA) is 55.3 Å². The Kier molecular flexibility index (Phi) is 4.82. The zero-order valence-corrected chi connectivity index (χ0v) is 16.0. The number of carbonyl (C=O) groups is 1. The van der Waals surface area contributed by atoms with Crippen LogP contribution in [0.2, 0.25) is 5.28 Å². The van der Waals surface area contributed by atoms with E-state index in [9.17, 15) is 4.79 Å². The molecule has 25 heavy (non-hydrogen) atoms. The number of anilines is 1. The number of fused-ring (bicyclic) bond motifs is 3. The summed E-state index contributed by atoms with van der Waals surface area (Å²) < 4.78 is 5.17. The Morgan fingerprint density at radius 1 is 1.28 bits per heavy atom. The lowest BCUT2D eigenvalue weighted by Gasteiger charge is -2.32. The number of hydrogen-bond acceptors (Lipinski definition) is 6. The Morgan fingerprint density at radius 2 is 2.04 bits per heavy atom. The molecule has 2 aromatic rings. The van der Waals surface area contributed by atoms with Crippen molar-refractivity contribution in [3.8, 4) is 0 Å². The van der Waals surface area contributed by atoms with Crippen molar-refractivity contribution in [1.29, 1.82) is 0 Å². The van der Waals surface area contributed by atoms with Crippen LogP contribution in [-0.2, 0) is 22.4 Å². The molecule has 0 atom stereocenters. The lowest BCUT2D eigenvalue weighted by atomic mass is 9.95. The normalized spacial score (nSPS) is 18.4. The Labute approximate surface area is 156 Å². The number of aromatic nitrogens is 2. The molecule has 0 aromatic carbocycles. The molecule has 7 heteroatoms. The third kappa shape index (κ3) is 3.22. The fraction of sp³-hybridized carbons (Fsp3) is 0.611. The molecular formula is C18H22ClN3O2S. The smallest absolute Gasteiger partial charge is 0.309 e.